The number of fused-ring (bicyclic) bond motifs is 6. The Labute approximate surface area is 240 Å². The van der Waals surface area contributed by atoms with Gasteiger partial charge >= 0.3 is 65.1 Å². The molecule has 0 saturated carbocycles. The van der Waals surface area contributed by atoms with E-state index in [1.54, 1.807) is 24.3 Å². The summed E-state index contributed by atoms with van der Waals surface area (Å²) in [5.74, 6) is -2.15. The second-order valence-corrected chi connectivity index (χ2v) is 8.05. The van der Waals surface area contributed by atoms with Gasteiger partial charge in [-0.15, -0.1) is 0 Å². The van der Waals surface area contributed by atoms with Crippen LogP contribution < -0.4 is 74.1 Å². The van der Waals surface area contributed by atoms with Gasteiger partial charge in [0.05, 0.1) is 26.7 Å². The van der Waals surface area contributed by atoms with E-state index >= 15 is 0 Å². The van der Waals surface area contributed by atoms with E-state index in [1.807, 2.05) is 0 Å². The van der Waals surface area contributed by atoms with E-state index in [1.165, 1.54) is 12.1 Å². The molecule has 0 amide bonds. The molecule has 2 aliphatic heterocycles. The van der Waals surface area contributed by atoms with Gasteiger partial charge in [-0.25, -0.2) is 4.79 Å². The zero-order chi connectivity index (χ0) is 20.7. The number of rotatable bonds is 0. The Kier molecular flexibility index (Phi) is 7.19. The standard InChI is InChI=1S/C20H8Cl4O5.2Na/c21-11-5-9-17(13(23)15(11)25)28-18-10(6-12(22)16(26)14(18)24)20(9)8-4-2-1-3-7(8)19(27)29-20;;/h1-6,25-26H;;/q;2*+1/p-2. The van der Waals surface area contributed by atoms with Crippen LogP contribution in [0.4, 0.5) is 0 Å². The van der Waals surface area contributed by atoms with Crippen molar-refractivity contribution in [2.24, 2.45) is 0 Å². The van der Waals surface area contributed by atoms with Crippen LogP contribution in [0.1, 0.15) is 27.0 Å². The zero-order valence-corrected chi connectivity index (χ0v) is 23.0. The Morgan fingerprint density at radius 2 is 1.26 bits per heavy atom. The van der Waals surface area contributed by atoms with E-state index in [-0.39, 0.29) is 102 Å². The van der Waals surface area contributed by atoms with Crippen molar-refractivity contribution in [1.82, 2.24) is 0 Å². The van der Waals surface area contributed by atoms with E-state index in [4.69, 9.17) is 55.9 Å². The number of hydrogen-bond acceptors (Lipinski definition) is 5. The van der Waals surface area contributed by atoms with Crippen LogP contribution >= 0.6 is 46.4 Å². The molecule has 0 bridgehead atoms. The van der Waals surface area contributed by atoms with E-state index in [2.05, 4.69) is 0 Å². The van der Waals surface area contributed by atoms with Gasteiger partial charge in [0.1, 0.15) is 0 Å². The van der Waals surface area contributed by atoms with Gasteiger partial charge < -0.3 is 19.7 Å². The number of benzene rings is 3. The Morgan fingerprint density at radius 3 is 1.77 bits per heavy atom. The van der Waals surface area contributed by atoms with Gasteiger partial charge in [-0.2, -0.15) is 0 Å². The van der Waals surface area contributed by atoms with Crippen molar-refractivity contribution in [3.8, 4) is 23.0 Å². The van der Waals surface area contributed by atoms with Gasteiger partial charge in [0, 0.05) is 15.6 Å². The summed E-state index contributed by atoms with van der Waals surface area (Å²) in [6.45, 7) is 0. The fraction of sp³-hybridized carbons (Fsp3) is 0.0500. The Bertz CT molecular complexity index is 1200. The van der Waals surface area contributed by atoms with Crippen LogP contribution in [0.3, 0.4) is 0 Å². The predicted molar refractivity (Wildman–Crippen MR) is 104 cm³/mol. The van der Waals surface area contributed by atoms with Crippen LogP contribution in [0.5, 0.6) is 23.0 Å². The summed E-state index contributed by atoms with van der Waals surface area (Å²) < 4.78 is 11.6. The minimum absolute atomic E-state index is 0. The molecule has 31 heavy (non-hydrogen) atoms. The monoisotopic (exact) mass is 512 g/mol. The molecule has 1 spiro atoms. The van der Waals surface area contributed by atoms with Crippen molar-refractivity contribution in [1.29, 1.82) is 0 Å². The second-order valence-electron chi connectivity index (χ2n) is 6.47. The van der Waals surface area contributed by atoms with E-state index in [0.717, 1.165) is 0 Å². The third kappa shape index (κ3) is 3.41. The third-order valence-corrected chi connectivity index (χ3v) is 6.25. The smallest absolute Gasteiger partial charge is 0.870 e. The molecule has 11 heteroatoms. The summed E-state index contributed by atoms with van der Waals surface area (Å²) >= 11 is 24.6. The van der Waals surface area contributed by atoms with Gasteiger partial charge in [-0.05, 0) is 18.2 Å². The Balaban J connectivity index is 0.00000136. The summed E-state index contributed by atoms with van der Waals surface area (Å²) in [6.07, 6.45) is 0. The maximum atomic E-state index is 12.7. The third-order valence-electron chi connectivity index (χ3n) is 5.00. The molecule has 0 atom stereocenters. The fourth-order valence-electron chi connectivity index (χ4n) is 3.75. The van der Waals surface area contributed by atoms with Crippen molar-refractivity contribution in [2.45, 2.75) is 5.60 Å². The zero-order valence-electron chi connectivity index (χ0n) is 16.0. The molecule has 2 heterocycles. The number of carbonyl (C=O) groups is 1. The van der Waals surface area contributed by atoms with E-state index in [0.29, 0.717) is 11.1 Å². The summed E-state index contributed by atoms with van der Waals surface area (Å²) in [5.41, 5.74) is -0.402. The van der Waals surface area contributed by atoms with Crippen molar-refractivity contribution in [2.75, 3.05) is 0 Å². The molecule has 146 valence electrons. The van der Waals surface area contributed by atoms with Gasteiger partial charge in [0.25, 0.3) is 0 Å². The molecule has 0 saturated heterocycles. The van der Waals surface area contributed by atoms with Crippen LogP contribution in [0.2, 0.25) is 20.1 Å². The molecule has 3 aromatic carbocycles. The molecule has 0 aromatic heterocycles. The molecule has 3 aromatic rings. The van der Waals surface area contributed by atoms with Crippen molar-refractivity contribution >= 4 is 52.4 Å². The largest absolute Gasteiger partial charge is 1.00 e. The average Bonchev–Trinajstić information content (AvgIpc) is 3.00. The minimum atomic E-state index is -1.60. The summed E-state index contributed by atoms with van der Waals surface area (Å²) in [6, 6.07) is 9.33. The van der Waals surface area contributed by atoms with Crippen LogP contribution in [0, 0.1) is 0 Å². The maximum Gasteiger partial charge on any atom is 1.00 e. The predicted octanol–water partition coefficient (Wildman–Crippen LogP) is -0.977. The number of halogens is 4. The summed E-state index contributed by atoms with van der Waals surface area (Å²) in [7, 11) is 0. The Hall–Kier alpha value is -0.310. The molecular weight excluding hydrogens is 508 g/mol. The second kappa shape index (κ2) is 8.80. The first kappa shape index (κ1) is 25.3. The van der Waals surface area contributed by atoms with Crippen LogP contribution in [-0.2, 0) is 10.3 Å². The quantitative estimate of drug-likeness (QED) is 0.285. The summed E-state index contributed by atoms with van der Waals surface area (Å²) in [5, 5.41) is 23.6. The van der Waals surface area contributed by atoms with Crippen LogP contribution in [-0.4, -0.2) is 5.97 Å². The topological polar surface area (TPSA) is 81.7 Å². The van der Waals surface area contributed by atoms with Crippen molar-refractivity contribution in [3.63, 3.8) is 0 Å². The SMILES string of the molecule is O=C1OC2(c3ccccc31)c1cc(Cl)c([O-])c(Cl)c1Oc1c2cc(Cl)c([O-])c1Cl.[Na+].[Na+]. The fourth-order valence-corrected chi connectivity index (χ4v) is 4.74. The normalized spacial score (nSPS) is 14.4. The molecule has 0 N–H and O–H groups in total. The first-order chi connectivity index (χ1) is 13.8. The molecule has 0 aliphatic carbocycles. The first-order valence-corrected chi connectivity index (χ1v) is 9.68. The van der Waals surface area contributed by atoms with E-state index < -0.39 is 23.1 Å². The summed E-state index contributed by atoms with van der Waals surface area (Å²) in [4.78, 5) is 12.7. The number of ether oxygens (including phenoxy) is 2. The first-order valence-electron chi connectivity index (χ1n) is 8.17. The molecule has 2 aliphatic rings. The molecule has 0 radical (unpaired) electrons. The maximum absolute atomic E-state index is 12.7. The number of esters is 1. The minimum Gasteiger partial charge on any atom is -0.870 e. The van der Waals surface area contributed by atoms with Gasteiger partial charge in [-0.3, -0.25) is 0 Å². The van der Waals surface area contributed by atoms with Crippen LogP contribution in [0.15, 0.2) is 36.4 Å². The van der Waals surface area contributed by atoms with Gasteiger partial charge in [-0.1, -0.05) is 76.1 Å². The number of carbonyl (C=O) groups excluding carboxylic acids is 1. The van der Waals surface area contributed by atoms with Gasteiger partial charge in [0.2, 0.25) is 0 Å². The van der Waals surface area contributed by atoms with Gasteiger partial charge in [0.15, 0.2) is 17.1 Å². The average molecular weight is 514 g/mol. The van der Waals surface area contributed by atoms with Crippen molar-refractivity contribution in [3.05, 3.63) is 78.7 Å². The number of hydrogen-bond donors (Lipinski definition) is 0. The molecule has 5 nitrogen and oxygen atoms in total. The Morgan fingerprint density at radius 1 is 0.774 bits per heavy atom. The van der Waals surface area contributed by atoms with Crippen molar-refractivity contribution < 1.29 is 83.6 Å². The molecule has 0 unspecified atom stereocenters. The molecule has 5 rings (SSSR count). The molecular formula is C20H6Cl4Na2O5. The molecule has 0 fully saturated rings. The van der Waals surface area contributed by atoms with E-state index in [9.17, 15) is 15.0 Å². The van der Waals surface area contributed by atoms with Crippen LogP contribution in [0.25, 0.3) is 0 Å².